The maximum absolute atomic E-state index is 12.4. The van der Waals surface area contributed by atoms with Gasteiger partial charge in [0.2, 0.25) is 0 Å². The van der Waals surface area contributed by atoms with Crippen molar-refractivity contribution >= 4 is 10.0 Å². The van der Waals surface area contributed by atoms with Crippen LogP contribution in [0.2, 0.25) is 0 Å². The SMILES string of the molecule is CCCNCc1cn[nH]c1S(=O)(=O)NC(C)(C)COC. The van der Waals surface area contributed by atoms with Crippen LogP contribution in [0.4, 0.5) is 0 Å². The second kappa shape index (κ2) is 7.16. The summed E-state index contributed by atoms with van der Waals surface area (Å²) in [6.45, 7) is 7.15. The Morgan fingerprint density at radius 2 is 2.15 bits per heavy atom. The maximum Gasteiger partial charge on any atom is 0.258 e. The highest BCUT2D eigenvalue weighted by Crippen LogP contribution is 2.15. The van der Waals surface area contributed by atoms with E-state index in [0.717, 1.165) is 13.0 Å². The number of nitrogens with zero attached hydrogens (tertiary/aromatic N) is 1. The molecule has 0 saturated heterocycles. The van der Waals surface area contributed by atoms with Gasteiger partial charge in [-0.2, -0.15) is 5.10 Å². The molecule has 0 amide bonds. The van der Waals surface area contributed by atoms with E-state index in [2.05, 4.69) is 27.2 Å². The molecule has 8 heteroatoms. The van der Waals surface area contributed by atoms with Gasteiger partial charge in [-0.05, 0) is 26.8 Å². The Hall–Kier alpha value is -0.960. The van der Waals surface area contributed by atoms with E-state index in [1.165, 1.54) is 13.3 Å². The molecule has 1 aromatic heterocycles. The number of hydrogen-bond acceptors (Lipinski definition) is 5. The highest BCUT2D eigenvalue weighted by molar-refractivity contribution is 7.89. The van der Waals surface area contributed by atoms with Gasteiger partial charge in [0.1, 0.15) is 0 Å². The molecule has 7 nitrogen and oxygen atoms in total. The topological polar surface area (TPSA) is 96.1 Å². The lowest BCUT2D eigenvalue weighted by Gasteiger charge is -2.24. The van der Waals surface area contributed by atoms with Crippen molar-refractivity contribution in [3.05, 3.63) is 11.8 Å². The third-order valence-corrected chi connectivity index (χ3v) is 4.32. The molecule has 0 aromatic carbocycles. The fourth-order valence-corrected chi connectivity index (χ4v) is 3.39. The van der Waals surface area contributed by atoms with Crippen LogP contribution in [-0.2, 0) is 21.3 Å². The molecule has 20 heavy (non-hydrogen) atoms. The molecule has 1 aromatic rings. The molecule has 3 N–H and O–H groups in total. The summed E-state index contributed by atoms with van der Waals surface area (Å²) in [4.78, 5) is 0. The average Bonchev–Trinajstić information content (AvgIpc) is 2.76. The molecule has 0 aliphatic carbocycles. The normalized spacial score (nSPS) is 12.8. The molecule has 0 unspecified atom stereocenters. The van der Waals surface area contributed by atoms with Gasteiger partial charge in [-0.1, -0.05) is 6.92 Å². The number of rotatable bonds is 9. The number of methoxy groups -OCH3 is 1. The summed E-state index contributed by atoms with van der Waals surface area (Å²) in [5, 5.41) is 9.65. The highest BCUT2D eigenvalue weighted by Gasteiger charge is 2.29. The van der Waals surface area contributed by atoms with E-state index < -0.39 is 15.6 Å². The van der Waals surface area contributed by atoms with Gasteiger partial charge >= 0.3 is 0 Å². The van der Waals surface area contributed by atoms with E-state index in [0.29, 0.717) is 12.1 Å². The number of sulfonamides is 1. The molecule has 116 valence electrons. The third-order valence-electron chi connectivity index (χ3n) is 2.60. The Labute approximate surface area is 120 Å². The van der Waals surface area contributed by atoms with Gasteiger partial charge in [0, 0.05) is 19.2 Å². The van der Waals surface area contributed by atoms with E-state index in [1.54, 1.807) is 13.8 Å². The van der Waals surface area contributed by atoms with Crippen molar-refractivity contribution in [1.29, 1.82) is 0 Å². The summed E-state index contributed by atoms with van der Waals surface area (Å²) >= 11 is 0. The van der Waals surface area contributed by atoms with Crippen molar-refractivity contribution in [3.8, 4) is 0 Å². The summed E-state index contributed by atoms with van der Waals surface area (Å²) in [6.07, 6.45) is 2.51. The highest BCUT2D eigenvalue weighted by atomic mass is 32.2. The van der Waals surface area contributed by atoms with Gasteiger partial charge in [-0.3, -0.25) is 5.10 Å². The third kappa shape index (κ3) is 4.86. The van der Waals surface area contributed by atoms with Gasteiger partial charge in [0.25, 0.3) is 10.0 Å². The second-order valence-corrected chi connectivity index (χ2v) is 6.94. The number of nitrogens with one attached hydrogen (secondary N) is 3. The Kier molecular flexibility index (Phi) is 6.12. The second-order valence-electron chi connectivity index (χ2n) is 5.32. The lowest BCUT2D eigenvalue weighted by Crippen LogP contribution is -2.47. The smallest absolute Gasteiger partial charge is 0.258 e. The first kappa shape index (κ1) is 17.1. The summed E-state index contributed by atoms with van der Waals surface area (Å²) in [5.41, 5.74) is -0.0635. The molecular formula is C12H24N4O3S. The number of aromatic amines is 1. The predicted molar refractivity (Wildman–Crippen MR) is 76.9 cm³/mol. The molecule has 0 radical (unpaired) electrons. The van der Waals surface area contributed by atoms with Gasteiger partial charge in [-0.15, -0.1) is 0 Å². The fourth-order valence-electron chi connectivity index (χ4n) is 1.86. The molecular weight excluding hydrogens is 280 g/mol. The molecule has 0 spiro atoms. The minimum Gasteiger partial charge on any atom is -0.383 e. The molecule has 1 rings (SSSR count). The van der Waals surface area contributed by atoms with E-state index in [1.807, 2.05) is 0 Å². The first-order valence-corrected chi connectivity index (χ1v) is 8.06. The average molecular weight is 304 g/mol. The maximum atomic E-state index is 12.4. The predicted octanol–water partition coefficient (Wildman–Crippen LogP) is 0.613. The van der Waals surface area contributed by atoms with Crippen molar-refractivity contribution < 1.29 is 13.2 Å². The van der Waals surface area contributed by atoms with E-state index >= 15 is 0 Å². The number of aromatic nitrogens is 2. The Balaban J connectivity index is 2.85. The zero-order valence-electron chi connectivity index (χ0n) is 12.5. The van der Waals surface area contributed by atoms with Crippen molar-refractivity contribution in [1.82, 2.24) is 20.2 Å². The minimum absolute atomic E-state index is 0.102. The largest absolute Gasteiger partial charge is 0.383 e. The minimum atomic E-state index is -3.65. The number of hydrogen-bond donors (Lipinski definition) is 3. The van der Waals surface area contributed by atoms with Crippen molar-refractivity contribution in [2.24, 2.45) is 0 Å². The summed E-state index contributed by atoms with van der Waals surface area (Å²) in [7, 11) is -2.12. The van der Waals surface area contributed by atoms with E-state index in [9.17, 15) is 8.42 Å². The molecule has 0 saturated carbocycles. The van der Waals surface area contributed by atoms with Crippen LogP contribution in [0.1, 0.15) is 32.8 Å². The molecule has 1 heterocycles. The Bertz CT molecular complexity index is 511. The Morgan fingerprint density at radius 3 is 2.75 bits per heavy atom. The van der Waals surface area contributed by atoms with Crippen LogP contribution < -0.4 is 10.0 Å². The molecule has 0 fully saturated rings. The van der Waals surface area contributed by atoms with Crippen molar-refractivity contribution in [2.75, 3.05) is 20.3 Å². The van der Waals surface area contributed by atoms with Crippen LogP contribution in [0.15, 0.2) is 11.2 Å². The summed E-state index contributed by atoms with van der Waals surface area (Å²) in [5.74, 6) is 0. The van der Waals surface area contributed by atoms with Crippen LogP contribution in [0.3, 0.4) is 0 Å². The molecule has 0 atom stereocenters. The number of H-pyrrole nitrogens is 1. The van der Waals surface area contributed by atoms with Gasteiger partial charge in [0.05, 0.1) is 18.3 Å². The summed E-state index contributed by atoms with van der Waals surface area (Å²) in [6, 6.07) is 0. The van der Waals surface area contributed by atoms with Gasteiger partial charge in [-0.25, -0.2) is 13.1 Å². The molecule has 0 bridgehead atoms. The van der Waals surface area contributed by atoms with Crippen LogP contribution in [0.5, 0.6) is 0 Å². The number of ether oxygens (including phenoxy) is 1. The van der Waals surface area contributed by atoms with E-state index in [4.69, 9.17) is 4.74 Å². The monoisotopic (exact) mass is 304 g/mol. The standard InChI is InChI=1S/C12H24N4O3S/c1-5-6-13-7-10-8-14-15-11(10)20(17,18)16-12(2,3)9-19-4/h8,13,16H,5-7,9H2,1-4H3,(H,14,15). The quantitative estimate of drug-likeness (QED) is 0.581. The zero-order valence-corrected chi connectivity index (χ0v) is 13.3. The van der Waals surface area contributed by atoms with Crippen molar-refractivity contribution in [3.63, 3.8) is 0 Å². The zero-order chi connectivity index (χ0) is 15.2. The molecule has 0 aliphatic heterocycles. The van der Waals surface area contributed by atoms with Crippen LogP contribution >= 0.6 is 0 Å². The van der Waals surface area contributed by atoms with Crippen LogP contribution in [0, 0.1) is 0 Å². The van der Waals surface area contributed by atoms with Gasteiger partial charge < -0.3 is 10.1 Å². The lowest BCUT2D eigenvalue weighted by atomic mass is 10.1. The van der Waals surface area contributed by atoms with E-state index in [-0.39, 0.29) is 11.6 Å². The Morgan fingerprint density at radius 1 is 1.45 bits per heavy atom. The molecule has 0 aliphatic rings. The summed E-state index contributed by atoms with van der Waals surface area (Å²) < 4.78 is 32.4. The van der Waals surface area contributed by atoms with Gasteiger partial charge in [0.15, 0.2) is 5.03 Å². The van der Waals surface area contributed by atoms with Crippen molar-refractivity contribution in [2.45, 2.75) is 44.3 Å². The van der Waals surface area contributed by atoms with Crippen LogP contribution in [0.25, 0.3) is 0 Å². The van der Waals surface area contributed by atoms with Crippen LogP contribution in [-0.4, -0.2) is 44.4 Å². The lowest BCUT2D eigenvalue weighted by molar-refractivity contribution is 0.141. The fraction of sp³-hybridized carbons (Fsp3) is 0.750. The first-order chi connectivity index (χ1) is 9.32. The first-order valence-electron chi connectivity index (χ1n) is 6.58.